The topological polar surface area (TPSA) is 68.2 Å². The first-order chi connectivity index (χ1) is 9.54. The Morgan fingerprint density at radius 1 is 1.20 bits per heavy atom. The van der Waals surface area contributed by atoms with Crippen molar-refractivity contribution in [1.82, 2.24) is 14.6 Å². The molecular formula is C14H14FN5. The van der Waals surface area contributed by atoms with E-state index in [0.717, 1.165) is 5.69 Å². The molecule has 0 bridgehead atoms. The van der Waals surface area contributed by atoms with Gasteiger partial charge < -0.3 is 11.1 Å². The quantitative estimate of drug-likeness (QED) is 0.752. The molecule has 5 nitrogen and oxygen atoms in total. The minimum atomic E-state index is -0.192. The molecule has 0 unspecified atom stereocenters. The number of benzene rings is 1. The van der Waals surface area contributed by atoms with E-state index in [2.05, 4.69) is 15.4 Å². The number of anilines is 3. The van der Waals surface area contributed by atoms with Gasteiger partial charge in [-0.3, -0.25) is 0 Å². The van der Waals surface area contributed by atoms with Gasteiger partial charge in [-0.2, -0.15) is 9.50 Å². The second-order valence-corrected chi connectivity index (χ2v) is 4.71. The predicted molar refractivity (Wildman–Crippen MR) is 76.6 cm³/mol. The molecule has 0 spiro atoms. The molecule has 0 radical (unpaired) electrons. The van der Waals surface area contributed by atoms with Gasteiger partial charge in [0.05, 0.1) is 0 Å². The van der Waals surface area contributed by atoms with Crippen LogP contribution in [0.25, 0.3) is 5.65 Å². The predicted octanol–water partition coefficient (Wildman–Crippen LogP) is 2.81. The molecule has 0 saturated heterocycles. The number of fused-ring (bicyclic) bond motifs is 1. The first kappa shape index (κ1) is 12.4. The number of halogens is 1. The molecule has 0 aliphatic carbocycles. The van der Waals surface area contributed by atoms with Crippen LogP contribution in [-0.4, -0.2) is 14.6 Å². The first-order valence-corrected chi connectivity index (χ1v) is 6.19. The Kier molecular flexibility index (Phi) is 2.78. The van der Waals surface area contributed by atoms with Gasteiger partial charge in [0.2, 0.25) is 5.95 Å². The highest BCUT2D eigenvalue weighted by Crippen LogP contribution is 2.21. The summed E-state index contributed by atoms with van der Waals surface area (Å²) in [7, 11) is 0. The molecule has 6 heteroatoms. The Morgan fingerprint density at radius 2 is 1.90 bits per heavy atom. The molecule has 102 valence electrons. The van der Waals surface area contributed by atoms with Crippen LogP contribution in [-0.2, 0) is 0 Å². The van der Waals surface area contributed by atoms with Gasteiger partial charge in [-0.05, 0) is 49.2 Å². The third-order valence-electron chi connectivity index (χ3n) is 3.08. The number of nitrogens with one attached hydrogen (secondary N) is 1. The molecule has 0 amide bonds. The fraction of sp³-hybridized carbons (Fsp3) is 0.143. The van der Waals surface area contributed by atoms with Crippen molar-refractivity contribution >= 4 is 23.1 Å². The summed E-state index contributed by atoms with van der Waals surface area (Å²) in [6, 6.07) is 8.82. The van der Waals surface area contributed by atoms with E-state index in [1.54, 1.807) is 36.6 Å². The van der Waals surface area contributed by atoms with E-state index in [9.17, 15) is 4.39 Å². The molecule has 3 N–H and O–H groups in total. The Labute approximate surface area is 115 Å². The normalized spacial score (nSPS) is 10.9. The lowest BCUT2D eigenvalue weighted by Crippen LogP contribution is -1.99. The number of rotatable bonds is 2. The highest BCUT2D eigenvalue weighted by Gasteiger charge is 2.08. The van der Waals surface area contributed by atoms with Crippen LogP contribution in [0.4, 0.5) is 21.8 Å². The van der Waals surface area contributed by atoms with Crippen molar-refractivity contribution in [3.8, 4) is 0 Å². The maximum absolute atomic E-state index is 13.6. The third-order valence-corrected chi connectivity index (χ3v) is 3.08. The minimum Gasteiger partial charge on any atom is -0.384 e. The van der Waals surface area contributed by atoms with E-state index < -0.39 is 0 Å². The van der Waals surface area contributed by atoms with E-state index in [4.69, 9.17) is 5.73 Å². The number of hydrogen-bond acceptors (Lipinski definition) is 4. The Balaban J connectivity index is 1.99. The smallest absolute Gasteiger partial charge is 0.247 e. The van der Waals surface area contributed by atoms with Crippen molar-refractivity contribution in [1.29, 1.82) is 0 Å². The molecule has 2 heterocycles. The maximum atomic E-state index is 13.6. The van der Waals surface area contributed by atoms with Crippen LogP contribution >= 0.6 is 0 Å². The summed E-state index contributed by atoms with van der Waals surface area (Å²) in [6.45, 7) is 3.45. The average Bonchev–Trinajstić information content (AvgIpc) is 2.80. The molecule has 1 aromatic carbocycles. The van der Waals surface area contributed by atoms with Crippen molar-refractivity contribution in [3.63, 3.8) is 0 Å². The zero-order valence-electron chi connectivity index (χ0n) is 11.2. The monoisotopic (exact) mass is 271 g/mol. The van der Waals surface area contributed by atoms with Crippen LogP contribution in [0.2, 0.25) is 0 Å². The molecule has 3 rings (SSSR count). The number of pyridine rings is 1. The second-order valence-electron chi connectivity index (χ2n) is 4.71. The van der Waals surface area contributed by atoms with E-state index in [1.807, 2.05) is 12.1 Å². The lowest BCUT2D eigenvalue weighted by atomic mass is 10.1. The Hall–Kier alpha value is -2.63. The van der Waals surface area contributed by atoms with E-state index >= 15 is 0 Å². The van der Waals surface area contributed by atoms with Crippen molar-refractivity contribution < 1.29 is 4.39 Å². The molecule has 3 aromatic rings. The van der Waals surface area contributed by atoms with Gasteiger partial charge in [0.25, 0.3) is 0 Å². The van der Waals surface area contributed by atoms with Gasteiger partial charge in [-0.25, -0.2) is 4.39 Å². The van der Waals surface area contributed by atoms with Crippen molar-refractivity contribution in [2.75, 3.05) is 11.1 Å². The molecule has 0 aliphatic rings. The summed E-state index contributed by atoms with van der Waals surface area (Å²) in [5.74, 6) is 0.741. The standard InChI is InChI=1S/C14H14FN5/c1-8-6-10(7-9(2)13(8)15)17-14-18-12-5-3-4-11(16)20(12)19-14/h3-7H,16H2,1-2H3,(H,17,19). The highest BCUT2D eigenvalue weighted by atomic mass is 19.1. The molecular weight excluding hydrogens is 257 g/mol. The molecule has 0 atom stereocenters. The van der Waals surface area contributed by atoms with Gasteiger partial charge >= 0.3 is 0 Å². The molecule has 0 aliphatic heterocycles. The van der Waals surface area contributed by atoms with E-state index in [1.165, 1.54) is 0 Å². The fourth-order valence-electron chi connectivity index (χ4n) is 2.13. The van der Waals surface area contributed by atoms with E-state index in [-0.39, 0.29) is 5.82 Å². The number of nitrogens with two attached hydrogens (primary N) is 1. The van der Waals surface area contributed by atoms with E-state index in [0.29, 0.717) is 28.5 Å². The highest BCUT2D eigenvalue weighted by molar-refractivity contribution is 5.59. The average molecular weight is 271 g/mol. The van der Waals surface area contributed by atoms with Gasteiger partial charge in [0.1, 0.15) is 11.6 Å². The Morgan fingerprint density at radius 3 is 2.55 bits per heavy atom. The Bertz CT molecular complexity index is 770. The largest absolute Gasteiger partial charge is 0.384 e. The summed E-state index contributed by atoms with van der Waals surface area (Å²) >= 11 is 0. The lowest BCUT2D eigenvalue weighted by molar-refractivity contribution is 0.609. The third kappa shape index (κ3) is 2.05. The summed E-state index contributed by atoms with van der Waals surface area (Å²) in [4.78, 5) is 4.32. The minimum absolute atomic E-state index is 0.192. The first-order valence-electron chi connectivity index (χ1n) is 6.19. The second kappa shape index (κ2) is 4.48. The summed E-state index contributed by atoms with van der Waals surface area (Å²) in [6.07, 6.45) is 0. The number of nitrogen functional groups attached to an aromatic ring is 1. The fourth-order valence-corrected chi connectivity index (χ4v) is 2.13. The summed E-state index contributed by atoms with van der Waals surface area (Å²) in [5.41, 5.74) is 8.37. The zero-order chi connectivity index (χ0) is 14.3. The van der Waals surface area contributed by atoms with Crippen LogP contribution in [0.15, 0.2) is 30.3 Å². The van der Waals surface area contributed by atoms with Crippen LogP contribution in [0.1, 0.15) is 11.1 Å². The number of aromatic nitrogens is 3. The zero-order valence-corrected chi connectivity index (χ0v) is 11.2. The molecule has 0 saturated carbocycles. The van der Waals surface area contributed by atoms with Gasteiger partial charge in [-0.15, -0.1) is 5.10 Å². The molecule has 0 fully saturated rings. The maximum Gasteiger partial charge on any atom is 0.247 e. The van der Waals surface area contributed by atoms with Crippen LogP contribution in [0.3, 0.4) is 0 Å². The van der Waals surface area contributed by atoms with Gasteiger partial charge in [-0.1, -0.05) is 6.07 Å². The molecule has 20 heavy (non-hydrogen) atoms. The van der Waals surface area contributed by atoms with Crippen molar-refractivity contribution in [3.05, 3.63) is 47.3 Å². The molecule has 2 aromatic heterocycles. The number of hydrogen-bond donors (Lipinski definition) is 2. The number of nitrogens with zero attached hydrogens (tertiary/aromatic N) is 3. The summed E-state index contributed by atoms with van der Waals surface area (Å²) in [5, 5.41) is 7.33. The van der Waals surface area contributed by atoms with Crippen LogP contribution in [0, 0.1) is 19.7 Å². The summed E-state index contributed by atoms with van der Waals surface area (Å²) < 4.78 is 15.1. The van der Waals surface area contributed by atoms with Gasteiger partial charge in [0.15, 0.2) is 5.65 Å². The van der Waals surface area contributed by atoms with Crippen molar-refractivity contribution in [2.45, 2.75) is 13.8 Å². The number of aryl methyl sites for hydroxylation is 2. The van der Waals surface area contributed by atoms with Gasteiger partial charge in [0, 0.05) is 5.69 Å². The van der Waals surface area contributed by atoms with Crippen LogP contribution in [0.5, 0.6) is 0 Å². The van der Waals surface area contributed by atoms with Crippen molar-refractivity contribution in [2.24, 2.45) is 0 Å². The lowest BCUT2D eigenvalue weighted by Gasteiger charge is -2.06. The SMILES string of the molecule is Cc1cc(Nc2nc3cccc(N)n3n2)cc(C)c1F. The van der Waals surface area contributed by atoms with Crippen LogP contribution < -0.4 is 11.1 Å².